The van der Waals surface area contributed by atoms with Crippen LogP contribution in [0.4, 0.5) is 0 Å². The van der Waals surface area contributed by atoms with E-state index in [1.165, 1.54) is 0 Å². The molecule has 3 aromatic rings. The van der Waals surface area contributed by atoms with Crippen LogP contribution >= 0.6 is 11.6 Å². The topological polar surface area (TPSA) is 41.9 Å². The Morgan fingerprint density at radius 3 is 2.31 bits per heavy atom. The van der Waals surface area contributed by atoms with E-state index in [1.807, 2.05) is 60.7 Å². The second-order valence-corrected chi connectivity index (χ2v) is 8.82. The number of benzene rings is 3. The number of nitrogens with zero attached hydrogens (tertiary/aromatic N) is 1. The van der Waals surface area contributed by atoms with Crippen molar-refractivity contribution >= 4 is 11.6 Å². The molecule has 1 fully saturated rings. The van der Waals surface area contributed by atoms with Gasteiger partial charge in [-0.15, -0.1) is 0 Å². The molecule has 0 spiro atoms. The molecular formula is C27H30ClNO3. The maximum absolute atomic E-state index is 12.6. The van der Waals surface area contributed by atoms with E-state index >= 15 is 0 Å². The van der Waals surface area contributed by atoms with Crippen molar-refractivity contribution in [3.05, 3.63) is 100 Å². The fourth-order valence-electron chi connectivity index (χ4n) is 4.51. The van der Waals surface area contributed by atoms with Gasteiger partial charge in [0.2, 0.25) is 0 Å². The first-order chi connectivity index (χ1) is 15.5. The van der Waals surface area contributed by atoms with Gasteiger partial charge in [0.25, 0.3) is 0 Å². The number of morpholine rings is 1. The molecule has 2 atom stereocenters. The van der Waals surface area contributed by atoms with Crippen molar-refractivity contribution in [1.82, 2.24) is 4.90 Å². The van der Waals surface area contributed by atoms with Gasteiger partial charge in [-0.3, -0.25) is 4.90 Å². The standard InChI is InChI=1S/C27H30ClNO3/c1-20-4-3-5-23(18-20)27(30,22-8-12-25(31-2)13-9-22)26(19-29-14-16-32-17-15-29)21-6-10-24(28)11-7-21/h3-13,18,26,30H,14-17,19H2,1-2H3/t26-,27+/m1/s1. The van der Waals surface area contributed by atoms with Crippen LogP contribution in [0.2, 0.25) is 5.02 Å². The first kappa shape index (κ1) is 22.8. The maximum atomic E-state index is 12.6. The summed E-state index contributed by atoms with van der Waals surface area (Å²) in [5.74, 6) is 0.546. The zero-order valence-electron chi connectivity index (χ0n) is 18.6. The number of aryl methyl sites for hydroxylation is 1. The van der Waals surface area contributed by atoms with Crippen molar-refractivity contribution in [2.45, 2.75) is 18.4 Å². The van der Waals surface area contributed by atoms with Crippen LogP contribution in [-0.4, -0.2) is 50.0 Å². The minimum Gasteiger partial charge on any atom is -0.497 e. The lowest BCUT2D eigenvalue weighted by molar-refractivity contribution is 0.000733. The van der Waals surface area contributed by atoms with Crippen molar-refractivity contribution in [2.24, 2.45) is 0 Å². The van der Waals surface area contributed by atoms with Gasteiger partial charge in [0.15, 0.2) is 0 Å². The average Bonchev–Trinajstić information content (AvgIpc) is 2.83. The third-order valence-corrected chi connectivity index (χ3v) is 6.56. The third kappa shape index (κ3) is 4.84. The number of aliphatic hydroxyl groups is 1. The van der Waals surface area contributed by atoms with E-state index in [0.717, 1.165) is 41.1 Å². The number of halogens is 1. The minimum atomic E-state index is -1.25. The van der Waals surface area contributed by atoms with Crippen LogP contribution in [-0.2, 0) is 10.3 Å². The molecular weight excluding hydrogens is 422 g/mol. The number of hydrogen-bond acceptors (Lipinski definition) is 4. The molecule has 1 N–H and O–H groups in total. The van der Waals surface area contributed by atoms with E-state index in [1.54, 1.807) is 7.11 Å². The van der Waals surface area contributed by atoms with Gasteiger partial charge in [0.1, 0.15) is 11.4 Å². The van der Waals surface area contributed by atoms with Crippen molar-refractivity contribution in [3.63, 3.8) is 0 Å². The van der Waals surface area contributed by atoms with Crippen LogP contribution < -0.4 is 4.74 Å². The van der Waals surface area contributed by atoms with Crippen LogP contribution in [0.15, 0.2) is 72.8 Å². The number of hydrogen-bond donors (Lipinski definition) is 1. The Kier molecular flexibility index (Phi) is 7.17. The molecule has 0 unspecified atom stereocenters. The van der Waals surface area contributed by atoms with E-state index < -0.39 is 5.60 Å². The summed E-state index contributed by atoms with van der Waals surface area (Å²) in [6.45, 7) is 5.85. The normalized spacial score (nSPS) is 17.5. The largest absolute Gasteiger partial charge is 0.497 e. The monoisotopic (exact) mass is 451 g/mol. The average molecular weight is 452 g/mol. The fourth-order valence-corrected chi connectivity index (χ4v) is 4.64. The Hall–Kier alpha value is -2.37. The molecule has 1 heterocycles. The zero-order chi connectivity index (χ0) is 22.6. The molecule has 3 aromatic carbocycles. The summed E-state index contributed by atoms with van der Waals surface area (Å²) in [7, 11) is 1.65. The van der Waals surface area contributed by atoms with Crippen LogP contribution in [0.5, 0.6) is 5.75 Å². The van der Waals surface area contributed by atoms with E-state index in [4.69, 9.17) is 21.1 Å². The van der Waals surface area contributed by atoms with Crippen molar-refractivity contribution < 1.29 is 14.6 Å². The van der Waals surface area contributed by atoms with E-state index in [9.17, 15) is 5.11 Å². The molecule has 32 heavy (non-hydrogen) atoms. The van der Waals surface area contributed by atoms with Gasteiger partial charge in [-0.25, -0.2) is 0 Å². The number of rotatable bonds is 7. The van der Waals surface area contributed by atoms with E-state index in [-0.39, 0.29) is 5.92 Å². The molecule has 0 bridgehead atoms. The fraction of sp³-hybridized carbons (Fsp3) is 0.333. The lowest BCUT2D eigenvalue weighted by atomic mass is 9.72. The molecule has 4 rings (SSSR count). The molecule has 5 heteroatoms. The minimum absolute atomic E-state index is 0.215. The van der Waals surface area contributed by atoms with Gasteiger partial charge in [0.05, 0.1) is 20.3 Å². The number of methoxy groups -OCH3 is 1. The highest BCUT2D eigenvalue weighted by Crippen LogP contribution is 2.44. The van der Waals surface area contributed by atoms with Gasteiger partial charge < -0.3 is 14.6 Å². The molecule has 0 amide bonds. The Bertz CT molecular complexity index is 1020. The van der Waals surface area contributed by atoms with Crippen molar-refractivity contribution in [1.29, 1.82) is 0 Å². The summed E-state index contributed by atoms with van der Waals surface area (Å²) in [5.41, 5.74) is 2.61. The number of ether oxygens (including phenoxy) is 2. The Morgan fingerprint density at radius 1 is 1.00 bits per heavy atom. The zero-order valence-corrected chi connectivity index (χ0v) is 19.4. The van der Waals surface area contributed by atoms with Crippen molar-refractivity contribution in [2.75, 3.05) is 40.0 Å². The molecule has 0 saturated carbocycles. The smallest absolute Gasteiger partial charge is 0.123 e. The Labute approximate surface area is 195 Å². The first-order valence-electron chi connectivity index (χ1n) is 11.0. The third-order valence-electron chi connectivity index (χ3n) is 6.31. The predicted molar refractivity (Wildman–Crippen MR) is 129 cm³/mol. The highest BCUT2D eigenvalue weighted by Gasteiger charge is 2.42. The summed E-state index contributed by atoms with van der Waals surface area (Å²) in [6, 6.07) is 23.7. The SMILES string of the molecule is COc1ccc([C@](O)(c2cccc(C)c2)[C@H](CN2CCOCC2)c2ccc(Cl)cc2)cc1. The van der Waals surface area contributed by atoms with Crippen LogP contribution in [0.3, 0.4) is 0 Å². The lowest BCUT2D eigenvalue weighted by Crippen LogP contribution is -2.45. The summed E-state index contributed by atoms with van der Waals surface area (Å²) in [5, 5.41) is 13.3. The summed E-state index contributed by atoms with van der Waals surface area (Å²) in [6.07, 6.45) is 0. The maximum Gasteiger partial charge on any atom is 0.123 e. The first-order valence-corrected chi connectivity index (χ1v) is 11.4. The lowest BCUT2D eigenvalue weighted by Gasteiger charge is -2.41. The Morgan fingerprint density at radius 2 is 1.69 bits per heavy atom. The van der Waals surface area contributed by atoms with E-state index in [0.29, 0.717) is 24.8 Å². The molecule has 0 aromatic heterocycles. The van der Waals surface area contributed by atoms with Gasteiger partial charge >= 0.3 is 0 Å². The molecule has 1 saturated heterocycles. The Balaban J connectivity index is 1.87. The molecule has 1 aliphatic heterocycles. The van der Waals surface area contributed by atoms with Crippen LogP contribution in [0.25, 0.3) is 0 Å². The van der Waals surface area contributed by atoms with Crippen LogP contribution in [0.1, 0.15) is 28.2 Å². The molecule has 0 aliphatic carbocycles. The van der Waals surface area contributed by atoms with Crippen molar-refractivity contribution in [3.8, 4) is 5.75 Å². The predicted octanol–water partition coefficient (Wildman–Crippen LogP) is 5.01. The van der Waals surface area contributed by atoms with Gasteiger partial charge in [0, 0.05) is 30.6 Å². The quantitative estimate of drug-likeness (QED) is 0.548. The molecule has 4 nitrogen and oxygen atoms in total. The highest BCUT2D eigenvalue weighted by molar-refractivity contribution is 6.30. The van der Waals surface area contributed by atoms with Crippen LogP contribution in [0, 0.1) is 6.92 Å². The summed E-state index contributed by atoms with van der Waals surface area (Å²) >= 11 is 6.21. The summed E-state index contributed by atoms with van der Waals surface area (Å²) < 4.78 is 10.9. The summed E-state index contributed by atoms with van der Waals surface area (Å²) in [4.78, 5) is 2.37. The molecule has 1 aliphatic rings. The second-order valence-electron chi connectivity index (χ2n) is 8.38. The van der Waals surface area contributed by atoms with Gasteiger partial charge in [-0.2, -0.15) is 0 Å². The van der Waals surface area contributed by atoms with E-state index in [2.05, 4.69) is 24.0 Å². The molecule has 0 radical (unpaired) electrons. The molecule has 168 valence electrons. The highest BCUT2D eigenvalue weighted by atomic mass is 35.5. The van der Waals surface area contributed by atoms with Gasteiger partial charge in [-0.05, 0) is 47.9 Å². The second kappa shape index (κ2) is 10.1. The van der Waals surface area contributed by atoms with Gasteiger partial charge in [-0.1, -0.05) is 65.7 Å².